The van der Waals surface area contributed by atoms with Crippen LogP contribution in [0.1, 0.15) is 11.1 Å². The molecule has 0 bridgehead atoms. The van der Waals surface area contributed by atoms with Gasteiger partial charge >= 0.3 is 0 Å². The second-order valence-corrected chi connectivity index (χ2v) is 8.32. The Morgan fingerprint density at radius 1 is 1.03 bits per heavy atom. The molecule has 0 saturated carbocycles. The molecule has 0 aliphatic heterocycles. The summed E-state index contributed by atoms with van der Waals surface area (Å²) in [5.74, 6) is 0.0781. The first-order valence-corrected chi connectivity index (χ1v) is 11.3. The van der Waals surface area contributed by atoms with Gasteiger partial charge in [-0.25, -0.2) is 0 Å². The molecule has 0 atom stereocenters. The van der Waals surface area contributed by atoms with E-state index in [9.17, 15) is 14.9 Å². The van der Waals surface area contributed by atoms with E-state index in [0.717, 1.165) is 22.5 Å². The van der Waals surface area contributed by atoms with Crippen LogP contribution in [-0.4, -0.2) is 17.6 Å². The molecular formula is C27H21N3O3S. The Morgan fingerprint density at radius 2 is 1.68 bits per heavy atom. The zero-order chi connectivity index (χ0) is 23.9. The van der Waals surface area contributed by atoms with E-state index in [2.05, 4.69) is 5.32 Å². The van der Waals surface area contributed by atoms with Crippen molar-refractivity contribution in [2.24, 2.45) is 0 Å². The van der Waals surface area contributed by atoms with E-state index in [1.54, 1.807) is 43.5 Å². The Labute approximate surface area is 200 Å². The third-order valence-corrected chi connectivity index (χ3v) is 6.20. The summed E-state index contributed by atoms with van der Waals surface area (Å²) in [6, 6.07) is 27.7. The average molecular weight is 468 g/mol. The molecule has 168 valence electrons. The van der Waals surface area contributed by atoms with Crippen molar-refractivity contribution in [1.82, 2.24) is 9.88 Å². The van der Waals surface area contributed by atoms with E-state index in [-0.39, 0.29) is 22.3 Å². The molecular weight excluding hydrogens is 446 g/mol. The van der Waals surface area contributed by atoms with Crippen LogP contribution in [0.4, 0.5) is 0 Å². The maximum atomic E-state index is 13.5. The van der Waals surface area contributed by atoms with Gasteiger partial charge in [-0.1, -0.05) is 66.7 Å². The van der Waals surface area contributed by atoms with Gasteiger partial charge in [0, 0.05) is 12.1 Å². The van der Waals surface area contributed by atoms with Gasteiger partial charge in [0.1, 0.15) is 16.5 Å². The number of amides is 1. The third kappa shape index (κ3) is 4.82. The summed E-state index contributed by atoms with van der Waals surface area (Å²) >= 11 is 1.10. The fraction of sp³-hybridized carbons (Fsp3) is 0.0741. The van der Waals surface area contributed by atoms with E-state index >= 15 is 0 Å². The van der Waals surface area contributed by atoms with Gasteiger partial charge < -0.3 is 10.1 Å². The largest absolute Gasteiger partial charge is 0.496 e. The lowest BCUT2D eigenvalue weighted by molar-refractivity contribution is -0.115. The number of methoxy groups -OCH3 is 1. The van der Waals surface area contributed by atoms with Crippen molar-refractivity contribution in [3.8, 4) is 17.5 Å². The van der Waals surface area contributed by atoms with Crippen molar-refractivity contribution in [1.29, 1.82) is 5.26 Å². The summed E-state index contributed by atoms with van der Waals surface area (Å²) < 4.78 is 7.46. The van der Waals surface area contributed by atoms with Crippen LogP contribution in [0.5, 0.6) is 5.75 Å². The molecule has 1 heterocycles. The Balaban J connectivity index is 1.90. The Bertz CT molecular complexity index is 1530. The highest BCUT2D eigenvalue weighted by molar-refractivity contribution is 7.07. The SMILES string of the molecule is COc1ccccc1C=c1sc(=C(C#N)C(=O)NCc2ccccc2)n(-c2ccccc2)c1=O. The van der Waals surface area contributed by atoms with Crippen molar-refractivity contribution in [3.63, 3.8) is 0 Å². The monoisotopic (exact) mass is 467 g/mol. The zero-order valence-electron chi connectivity index (χ0n) is 18.4. The normalized spacial score (nSPS) is 12.1. The van der Waals surface area contributed by atoms with E-state index in [1.807, 2.05) is 60.7 Å². The molecule has 1 amide bonds. The van der Waals surface area contributed by atoms with Crippen molar-refractivity contribution in [3.05, 3.63) is 116 Å². The number of ether oxygens (including phenoxy) is 1. The second kappa shape index (κ2) is 10.5. The number of carbonyl (C=O) groups excluding carboxylic acids is 1. The highest BCUT2D eigenvalue weighted by Gasteiger charge is 2.17. The highest BCUT2D eigenvalue weighted by atomic mass is 32.1. The lowest BCUT2D eigenvalue weighted by Gasteiger charge is -2.06. The maximum Gasteiger partial charge on any atom is 0.273 e. The molecule has 0 unspecified atom stereocenters. The van der Waals surface area contributed by atoms with Gasteiger partial charge in [-0.3, -0.25) is 14.2 Å². The predicted octanol–water partition coefficient (Wildman–Crippen LogP) is 2.73. The van der Waals surface area contributed by atoms with Gasteiger partial charge in [0.25, 0.3) is 11.5 Å². The van der Waals surface area contributed by atoms with Crippen LogP contribution in [0.2, 0.25) is 0 Å². The first kappa shape index (κ1) is 22.8. The molecule has 4 aromatic rings. The number of nitrogens with zero attached hydrogens (tertiary/aromatic N) is 2. The average Bonchev–Trinajstić information content (AvgIpc) is 3.20. The van der Waals surface area contributed by atoms with Gasteiger partial charge in [0.2, 0.25) is 0 Å². The van der Waals surface area contributed by atoms with Crippen LogP contribution >= 0.6 is 11.3 Å². The predicted molar refractivity (Wildman–Crippen MR) is 133 cm³/mol. The molecule has 0 aliphatic carbocycles. The van der Waals surface area contributed by atoms with Gasteiger partial charge in [-0.05, 0) is 29.8 Å². The number of hydrogen-bond acceptors (Lipinski definition) is 5. The number of rotatable bonds is 6. The van der Waals surface area contributed by atoms with Crippen LogP contribution in [-0.2, 0) is 11.3 Å². The molecule has 0 saturated heterocycles. The minimum Gasteiger partial charge on any atom is -0.496 e. The second-order valence-electron chi connectivity index (χ2n) is 7.29. The van der Waals surface area contributed by atoms with Crippen molar-refractivity contribution in [2.75, 3.05) is 7.11 Å². The molecule has 4 rings (SSSR count). The summed E-state index contributed by atoms with van der Waals surface area (Å²) in [7, 11) is 1.56. The minimum absolute atomic E-state index is 0.124. The van der Waals surface area contributed by atoms with Gasteiger partial charge in [-0.15, -0.1) is 11.3 Å². The minimum atomic E-state index is -0.541. The number of benzene rings is 3. The van der Waals surface area contributed by atoms with Gasteiger partial charge in [0.05, 0.1) is 17.3 Å². The van der Waals surface area contributed by atoms with Gasteiger partial charge in [-0.2, -0.15) is 5.26 Å². The molecule has 34 heavy (non-hydrogen) atoms. The molecule has 6 nitrogen and oxygen atoms in total. The fourth-order valence-corrected chi connectivity index (χ4v) is 4.54. The smallest absolute Gasteiger partial charge is 0.273 e. The fourth-order valence-electron chi connectivity index (χ4n) is 3.45. The highest BCUT2D eigenvalue weighted by Crippen LogP contribution is 2.17. The summed E-state index contributed by atoms with van der Waals surface area (Å²) in [5.41, 5.74) is 1.76. The quantitative estimate of drug-likeness (QED) is 0.473. The van der Waals surface area contributed by atoms with Crippen molar-refractivity contribution < 1.29 is 9.53 Å². The number of para-hydroxylation sites is 2. The third-order valence-electron chi connectivity index (χ3n) is 5.11. The summed E-state index contributed by atoms with van der Waals surface area (Å²) in [6.45, 7) is 0.270. The van der Waals surface area contributed by atoms with E-state index in [0.29, 0.717) is 16.0 Å². The van der Waals surface area contributed by atoms with Crippen molar-refractivity contribution in [2.45, 2.75) is 6.54 Å². The summed E-state index contributed by atoms with van der Waals surface area (Å²) in [6.07, 6.45) is 1.71. The number of aromatic nitrogens is 1. The molecule has 3 aromatic carbocycles. The van der Waals surface area contributed by atoms with Crippen molar-refractivity contribution >= 4 is 28.9 Å². The summed E-state index contributed by atoms with van der Waals surface area (Å²) in [4.78, 5) is 26.5. The molecule has 0 aliphatic rings. The van der Waals surface area contributed by atoms with Gasteiger partial charge in [0.15, 0.2) is 5.57 Å². The van der Waals surface area contributed by atoms with Crippen LogP contribution in [0.25, 0.3) is 17.3 Å². The maximum absolute atomic E-state index is 13.5. The Hall–Kier alpha value is -4.41. The number of hydrogen-bond donors (Lipinski definition) is 1. The van der Waals surface area contributed by atoms with E-state index < -0.39 is 5.91 Å². The zero-order valence-corrected chi connectivity index (χ0v) is 19.2. The Kier molecular flexibility index (Phi) is 7.01. The first-order chi connectivity index (χ1) is 16.6. The molecule has 1 aromatic heterocycles. The van der Waals surface area contributed by atoms with E-state index in [1.165, 1.54) is 4.57 Å². The number of carbonyl (C=O) groups is 1. The molecule has 7 heteroatoms. The van der Waals surface area contributed by atoms with Crippen LogP contribution in [0.15, 0.2) is 89.7 Å². The topological polar surface area (TPSA) is 84.1 Å². The molecule has 0 spiro atoms. The molecule has 1 N–H and O–H groups in total. The van der Waals surface area contributed by atoms with E-state index in [4.69, 9.17) is 4.74 Å². The Morgan fingerprint density at radius 3 is 2.35 bits per heavy atom. The molecule has 0 fully saturated rings. The number of nitrogens with one attached hydrogen (secondary N) is 1. The molecule has 0 radical (unpaired) electrons. The lowest BCUT2D eigenvalue weighted by atomic mass is 10.2. The number of thiazole rings is 1. The standard InChI is InChI=1S/C27H21N3O3S/c1-33-23-15-9-8-12-20(23)16-24-26(32)30(21-13-6-3-7-14-21)27(34-24)22(17-28)25(31)29-18-19-10-4-2-5-11-19/h2-16H,18H2,1H3,(H,29,31). The number of nitriles is 1. The lowest BCUT2D eigenvalue weighted by Crippen LogP contribution is -2.33. The summed E-state index contributed by atoms with van der Waals surface area (Å²) in [5, 5.41) is 12.7. The van der Waals surface area contributed by atoms with Crippen LogP contribution in [0, 0.1) is 11.3 Å². The first-order valence-electron chi connectivity index (χ1n) is 10.5. The van der Waals surface area contributed by atoms with Crippen LogP contribution in [0.3, 0.4) is 0 Å². The van der Waals surface area contributed by atoms with Crippen LogP contribution < -0.4 is 24.8 Å².